The largest absolute Gasteiger partial charge is 0.490 e. The SMILES string of the molecule is O=C(N1CCCC1)N1CC2(CCC(CNc3ncccn3)CO2)C1.O=C(O)C(F)(F)F. The van der Waals surface area contributed by atoms with Gasteiger partial charge in [-0.25, -0.2) is 19.6 Å². The summed E-state index contributed by atoms with van der Waals surface area (Å²) in [7, 11) is 0. The third-order valence-corrected chi connectivity index (χ3v) is 5.60. The molecule has 31 heavy (non-hydrogen) atoms. The first-order valence-electron chi connectivity index (χ1n) is 10.2. The summed E-state index contributed by atoms with van der Waals surface area (Å²) in [5.74, 6) is -1.61. The topological polar surface area (TPSA) is 108 Å². The summed E-state index contributed by atoms with van der Waals surface area (Å²) >= 11 is 0. The first-order valence-corrected chi connectivity index (χ1v) is 10.2. The second-order valence-electron chi connectivity index (χ2n) is 7.99. The molecule has 3 aliphatic rings. The van der Waals surface area contributed by atoms with Crippen molar-refractivity contribution in [2.75, 3.05) is 44.6 Å². The summed E-state index contributed by atoms with van der Waals surface area (Å²) < 4.78 is 37.9. The van der Waals surface area contributed by atoms with Crippen LogP contribution in [0.2, 0.25) is 0 Å². The first kappa shape index (κ1) is 23.0. The van der Waals surface area contributed by atoms with Crippen LogP contribution in [-0.2, 0) is 9.53 Å². The highest BCUT2D eigenvalue weighted by atomic mass is 19.4. The summed E-state index contributed by atoms with van der Waals surface area (Å²) in [5, 5.41) is 10.4. The molecular formula is C19H26F3N5O4. The fourth-order valence-corrected chi connectivity index (χ4v) is 3.85. The number of carbonyl (C=O) groups excluding carboxylic acids is 1. The molecule has 2 N–H and O–H groups in total. The molecule has 1 aromatic heterocycles. The number of aromatic nitrogens is 2. The van der Waals surface area contributed by atoms with E-state index in [9.17, 15) is 18.0 Å². The fraction of sp³-hybridized carbons (Fsp3) is 0.684. The number of aliphatic carboxylic acids is 1. The number of rotatable bonds is 3. The molecule has 1 unspecified atom stereocenters. The van der Waals surface area contributed by atoms with Gasteiger partial charge in [0.15, 0.2) is 0 Å². The number of nitrogens with one attached hydrogen (secondary N) is 1. The number of carbonyl (C=O) groups is 2. The summed E-state index contributed by atoms with van der Waals surface area (Å²) in [5.41, 5.74) is -0.0882. The molecule has 0 bridgehead atoms. The third-order valence-electron chi connectivity index (χ3n) is 5.60. The Morgan fingerprint density at radius 3 is 2.32 bits per heavy atom. The van der Waals surface area contributed by atoms with Gasteiger partial charge in [0, 0.05) is 32.0 Å². The van der Waals surface area contributed by atoms with Crippen LogP contribution in [0.5, 0.6) is 0 Å². The summed E-state index contributed by atoms with van der Waals surface area (Å²) in [6.07, 6.45) is 2.82. The lowest BCUT2D eigenvalue weighted by Crippen LogP contribution is -2.68. The zero-order valence-corrected chi connectivity index (χ0v) is 17.0. The smallest absolute Gasteiger partial charge is 0.475 e. The van der Waals surface area contributed by atoms with Crippen LogP contribution in [0.1, 0.15) is 25.7 Å². The number of amides is 2. The van der Waals surface area contributed by atoms with Crippen LogP contribution in [-0.4, -0.2) is 88.0 Å². The molecule has 2 amide bonds. The van der Waals surface area contributed by atoms with E-state index in [1.807, 2.05) is 15.9 Å². The monoisotopic (exact) mass is 445 g/mol. The highest BCUT2D eigenvalue weighted by molar-refractivity contribution is 5.76. The normalized spacial score (nSPS) is 22.4. The Bertz CT molecular complexity index is 743. The zero-order chi connectivity index (χ0) is 22.5. The molecule has 4 rings (SSSR count). The summed E-state index contributed by atoms with van der Waals surface area (Å²) in [6, 6.07) is 2.01. The van der Waals surface area contributed by atoms with Crippen LogP contribution in [0.25, 0.3) is 0 Å². The molecule has 0 aromatic carbocycles. The molecule has 3 fully saturated rings. The lowest BCUT2D eigenvalue weighted by molar-refractivity contribution is -0.192. The van der Waals surface area contributed by atoms with Crippen molar-refractivity contribution in [3.63, 3.8) is 0 Å². The fourth-order valence-electron chi connectivity index (χ4n) is 3.85. The van der Waals surface area contributed by atoms with E-state index in [0.717, 1.165) is 65.0 Å². The van der Waals surface area contributed by atoms with Gasteiger partial charge in [-0.05, 0) is 37.7 Å². The van der Waals surface area contributed by atoms with E-state index in [-0.39, 0.29) is 11.6 Å². The molecule has 0 aliphatic carbocycles. The zero-order valence-electron chi connectivity index (χ0n) is 17.0. The number of hydrogen-bond acceptors (Lipinski definition) is 6. The van der Waals surface area contributed by atoms with Crippen LogP contribution < -0.4 is 5.32 Å². The summed E-state index contributed by atoms with van der Waals surface area (Å²) in [4.78, 5) is 33.5. The van der Waals surface area contributed by atoms with Gasteiger partial charge in [0.25, 0.3) is 0 Å². The predicted octanol–water partition coefficient (Wildman–Crippen LogP) is 2.22. The lowest BCUT2D eigenvalue weighted by Gasteiger charge is -2.53. The Morgan fingerprint density at radius 1 is 1.19 bits per heavy atom. The van der Waals surface area contributed by atoms with E-state index in [2.05, 4.69) is 15.3 Å². The maximum absolute atomic E-state index is 12.3. The van der Waals surface area contributed by atoms with Crippen molar-refractivity contribution >= 4 is 17.9 Å². The summed E-state index contributed by atoms with van der Waals surface area (Å²) in [6.45, 7) is 4.91. The van der Waals surface area contributed by atoms with Gasteiger partial charge in [-0.3, -0.25) is 0 Å². The average molecular weight is 445 g/mol. The van der Waals surface area contributed by atoms with Crippen molar-refractivity contribution in [1.29, 1.82) is 0 Å². The number of carboxylic acids is 1. The van der Waals surface area contributed by atoms with E-state index in [1.165, 1.54) is 0 Å². The van der Waals surface area contributed by atoms with Crippen LogP contribution >= 0.6 is 0 Å². The molecule has 3 saturated heterocycles. The van der Waals surface area contributed by atoms with Crippen molar-refractivity contribution in [2.24, 2.45) is 5.92 Å². The number of hydrogen-bond donors (Lipinski definition) is 2. The number of nitrogens with zero attached hydrogens (tertiary/aromatic N) is 4. The molecule has 0 saturated carbocycles. The predicted molar refractivity (Wildman–Crippen MR) is 103 cm³/mol. The standard InChI is InChI=1S/C17H25N5O2.C2HF3O2/c23-16(21-8-1-2-9-21)22-12-17(13-22)5-4-14(11-24-17)10-20-15-18-6-3-7-19-15;3-2(4,5)1(6)7/h3,6-7,14H,1-2,4-5,8-13H2,(H,18,19,20);(H,6,7). The van der Waals surface area contributed by atoms with Crippen LogP contribution in [0.4, 0.5) is 23.9 Å². The maximum atomic E-state index is 12.3. The van der Waals surface area contributed by atoms with Crippen LogP contribution in [0.3, 0.4) is 0 Å². The molecule has 1 aromatic rings. The van der Waals surface area contributed by atoms with E-state index < -0.39 is 12.1 Å². The number of likely N-dealkylation sites (tertiary alicyclic amines) is 2. The molecule has 3 aliphatic heterocycles. The molecule has 1 spiro atoms. The van der Waals surface area contributed by atoms with Crippen LogP contribution in [0.15, 0.2) is 18.5 Å². The van der Waals surface area contributed by atoms with Gasteiger partial charge in [0.1, 0.15) is 5.60 Å². The minimum atomic E-state index is -5.08. The van der Waals surface area contributed by atoms with Gasteiger partial charge < -0.3 is 25.0 Å². The van der Waals surface area contributed by atoms with Gasteiger partial charge in [-0.2, -0.15) is 13.2 Å². The Hall–Kier alpha value is -2.63. The highest BCUT2D eigenvalue weighted by Crippen LogP contribution is 2.36. The molecular weight excluding hydrogens is 419 g/mol. The van der Waals surface area contributed by atoms with Crippen molar-refractivity contribution in [3.05, 3.63) is 18.5 Å². The lowest BCUT2D eigenvalue weighted by atomic mass is 9.83. The molecule has 12 heteroatoms. The Morgan fingerprint density at radius 2 is 1.81 bits per heavy atom. The number of halogens is 3. The Balaban J connectivity index is 0.000000339. The van der Waals surface area contributed by atoms with Gasteiger partial charge >= 0.3 is 18.2 Å². The van der Waals surface area contributed by atoms with Crippen molar-refractivity contribution in [3.8, 4) is 0 Å². The van der Waals surface area contributed by atoms with Gasteiger partial charge in [0.05, 0.1) is 19.7 Å². The van der Waals surface area contributed by atoms with Crippen molar-refractivity contribution in [2.45, 2.75) is 37.5 Å². The number of ether oxygens (including phenoxy) is 1. The van der Waals surface area contributed by atoms with E-state index in [1.54, 1.807) is 12.4 Å². The second kappa shape index (κ2) is 9.67. The maximum Gasteiger partial charge on any atom is 0.490 e. The minimum absolute atomic E-state index is 0.0882. The Labute approximate surface area is 177 Å². The van der Waals surface area contributed by atoms with Crippen molar-refractivity contribution < 1.29 is 32.6 Å². The second-order valence-corrected chi connectivity index (χ2v) is 7.99. The number of anilines is 1. The molecule has 9 nitrogen and oxygen atoms in total. The molecule has 172 valence electrons. The molecule has 0 radical (unpaired) electrons. The Kier molecular flexibility index (Phi) is 7.19. The van der Waals surface area contributed by atoms with Gasteiger partial charge in [-0.1, -0.05) is 0 Å². The molecule has 1 atom stereocenters. The highest BCUT2D eigenvalue weighted by Gasteiger charge is 2.49. The van der Waals surface area contributed by atoms with E-state index >= 15 is 0 Å². The van der Waals surface area contributed by atoms with Crippen molar-refractivity contribution in [1.82, 2.24) is 19.8 Å². The number of carboxylic acid groups (broad SMARTS) is 1. The van der Waals surface area contributed by atoms with Gasteiger partial charge in [-0.15, -0.1) is 0 Å². The quantitative estimate of drug-likeness (QED) is 0.735. The van der Waals surface area contributed by atoms with E-state index in [4.69, 9.17) is 14.6 Å². The third kappa shape index (κ3) is 6.18. The van der Waals surface area contributed by atoms with E-state index in [0.29, 0.717) is 11.9 Å². The average Bonchev–Trinajstić information content (AvgIpc) is 3.26. The molecule has 4 heterocycles. The first-order chi connectivity index (χ1) is 14.7. The van der Waals surface area contributed by atoms with Crippen LogP contribution in [0, 0.1) is 5.92 Å². The number of urea groups is 1. The number of alkyl halides is 3. The van der Waals surface area contributed by atoms with Gasteiger partial charge in [0.2, 0.25) is 5.95 Å². The minimum Gasteiger partial charge on any atom is -0.475 e.